The highest BCUT2D eigenvalue weighted by Gasteiger charge is 2.39. The van der Waals surface area contributed by atoms with Gasteiger partial charge in [-0.05, 0) is 24.1 Å². The predicted octanol–water partition coefficient (Wildman–Crippen LogP) is 2.86. The van der Waals surface area contributed by atoms with Crippen LogP contribution in [0.5, 0.6) is 0 Å². The van der Waals surface area contributed by atoms with Gasteiger partial charge in [0.05, 0.1) is 6.04 Å². The average Bonchev–Trinajstić information content (AvgIpc) is 3.26. The molecular weight excluding hydrogens is 344 g/mol. The first-order chi connectivity index (χ1) is 13.1. The van der Waals surface area contributed by atoms with Crippen LogP contribution in [-0.4, -0.2) is 38.4 Å². The molecule has 0 bridgehead atoms. The number of ether oxygens (including phenoxy) is 1. The Hall–Kier alpha value is -3.22. The van der Waals surface area contributed by atoms with Crippen molar-refractivity contribution in [2.75, 3.05) is 6.61 Å². The van der Waals surface area contributed by atoms with Crippen molar-refractivity contribution in [3.8, 4) is 0 Å². The molecule has 1 saturated heterocycles. The Labute approximate surface area is 156 Å². The van der Waals surface area contributed by atoms with Gasteiger partial charge in [0.15, 0.2) is 0 Å². The number of likely N-dealkylation sites (tertiary alicyclic amines) is 1. The molecule has 0 radical (unpaired) electrons. The van der Waals surface area contributed by atoms with Gasteiger partial charge in [-0.3, -0.25) is 9.59 Å². The maximum Gasteiger partial charge on any atom is 0.302 e. The van der Waals surface area contributed by atoms with E-state index in [0.29, 0.717) is 12.8 Å². The summed E-state index contributed by atoms with van der Waals surface area (Å²) < 4.78 is 5.28. The van der Waals surface area contributed by atoms with Crippen molar-refractivity contribution in [3.05, 3.63) is 60.2 Å². The summed E-state index contributed by atoms with van der Waals surface area (Å²) in [4.78, 5) is 27.5. The Morgan fingerprint density at radius 2 is 1.74 bits per heavy atom. The third kappa shape index (κ3) is 3.40. The molecule has 1 aromatic heterocycles. The van der Waals surface area contributed by atoms with Crippen LogP contribution < -0.4 is 0 Å². The largest absolute Gasteiger partial charge is 0.463 e. The fraction of sp³-hybridized carbons (Fsp3) is 0.300. The van der Waals surface area contributed by atoms with Crippen LogP contribution in [0.2, 0.25) is 0 Å². The van der Waals surface area contributed by atoms with Crippen molar-refractivity contribution in [2.45, 2.75) is 32.0 Å². The van der Waals surface area contributed by atoms with Crippen molar-refractivity contribution < 1.29 is 14.3 Å². The zero-order chi connectivity index (χ0) is 18.8. The predicted molar refractivity (Wildman–Crippen MR) is 98.5 cm³/mol. The SMILES string of the molecule is CC(=O)OCC(c1ccccc1)N1C(=O)CCC1n1nc2ccccc2n1. The lowest BCUT2D eigenvalue weighted by atomic mass is 10.1. The number of nitrogens with zero attached hydrogens (tertiary/aromatic N) is 4. The van der Waals surface area contributed by atoms with E-state index in [0.717, 1.165) is 16.6 Å². The number of aromatic nitrogens is 3. The summed E-state index contributed by atoms with van der Waals surface area (Å²) in [6, 6.07) is 16.8. The van der Waals surface area contributed by atoms with Crippen molar-refractivity contribution >= 4 is 22.9 Å². The van der Waals surface area contributed by atoms with Crippen LogP contribution in [0.4, 0.5) is 0 Å². The van der Waals surface area contributed by atoms with Crippen LogP contribution in [-0.2, 0) is 14.3 Å². The Morgan fingerprint density at radius 1 is 1.11 bits per heavy atom. The molecule has 1 aliphatic heterocycles. The molecule has 7 nitrogen and oxygen atoms in total. The van der Waals surface area contributed by atoms with Gasteiger partial charge in [0.25, 0.3) is 0 Å². The van der Waals surface area contributed by atoms with E-state index in [1.54, 1.807) is 9.70 Å². The summed E-state index contributed by atoms with van der Waals surface area (Å²) in [6.07, 6.45) is 0.709. The molecule has 27 heavy (non-hydrogen) atoms. The molecule has 2 unspecified atom stereocenters. The summed E-state index contributed by atoms with van der Waals surface area (Å²) in [6.45, 7) is 1.47. The second-order valence-electron chi connectivity index (χ2n) is 6.56. The number of rotatable bonds is 5. The quantitative estimate of drug-likeness (QED) is 0.651. The molecule has 1 fully saturated rings. The normalized spacial score (nSPS) is 18.0. The van der Waals surface area contributed by atoms with E-state index in [1.165, 1.54) is 6.92 Å². The minimum atomic E-state index is -0.385. The molecule has 0 N–H and O–H groups in total. The van der Waals surface area contributed by atoms with Crippen LogP contribution in [0.3, 0.4) is 0 Å². The van der Waals surface area contributed by atoms with Gasteiger partial charge in [-0.1, -0.05) is 42.5 Å². The van der Waals surface area contributed by atoms with Gasteiger partial charge in [0.1, 0.15) is 23.8 Å². The molecule has 0 spiro atoms. The van der Waals surface area contributed by atoms with Gasteiger partial charge in [0.2, 0.25) is 5.91 Å². The minimum absolute atomic E-state index is 0.00219. The van der Waals surface area contributed by atoms with E-state index in [-0.39, 0.29) is 30.7 Å². The first kappa shape index (κ1) is 17.2. The van der Waals surface area contributed by atoms with Gasteiger partial charge in [0, 0.05) is 13.3 Å². The lowest BCUT2D eigenvalue weighted by Crippen LogP contribution is -2.38. The molecular formula is C20H20N4O3. The third-order valence-electron chi connectivity index (χ3n) is 4.76. The zero-order valence-corrected chi connectivity index (χ0v) is 15.0. The second-order valence-corrected chi connectivity index (χ2v) is 6.56. The minimum Gasteiger partial charge on any atom is -0.463 e. The fourth-order valence-electron chi connectivity index (χ4n) is 3.51. The van der Waals surface area contributed by atoms with Crippen molar-refractivity contribution in [1.82, 2.24) is 19.9 Å². The molecule has 1 amide bonds. The van der Waals surface area contributed by atoms with Gasteiger partial charge >= 0.3 is 5.97 Å². The number of amides is 1. The number of carbonyl (C=O) groups is 2. The maximum atomic E-state index is 12.7. The second kappa shape index (κ2) is 7.19. The van der Waals surface area contributed by atoms with Crippen LogP contribution in [0.15, 0.2) is 54.6 Å². The van der Waals surface area contributed by atoms with Gasteiger partial charge in [-0.25, -0.2) is 0 Å². The standard InChI is InChI=1S/C20H20N4O3/c1-14(25)27-13-18(15-7-3-2-4-8-15)23-19(11-12-20(23)26)24-21-16-9-5-6-10-17(16)22-24/h2-10,18-19H,11-13H2,1H3. The number of carbonyl (C=O) groups excluding carboxylic acids is 2. The molecule has 2 aromatic carbocycles. The van der Waals surface area contributed by atoms with Gasteiger partial charge in [-0.2, -0.15) is 15.0 Å². The number of hydrogen-bond donors (Lipinski definition) is 0. The molecule has 7 heteroatoms. The summed E-state index contributed by atoms with van der Waals surface area (Å²) in [5.41, 5.74) is 2.48. The molecule has 4 rings (SSSR count). The lowest BCUT2D eigenvalue weighted by molar-refractivity contribution is -0.147. The van der Waals surface area contributed by atoms with Crippen molar-refractivity contribution in [3.63, 3.8) is 0 Å². The Bertz CT molecular complexity index is 937. The van der Waals surface area contributed by atoms with Crippen LogP contribution in [0, 0.1) is 0 Å². The number of benzene rings is 2. The van der Waals surface area contributed by atoms with E-state index < -0.39 is 0 Å². The summed E-state index contributed by atoms with van der Waals surface area (Å²) in [5.74, 6) is -0.371. The van der Waals surface area contributed by atoms with Crippen molar-refractivity contribution in [2.24, 2.45) is 0 Å². The van der Waals surface area contributed by atoms with E-state index in [9.17, 15) is 9.59 Å². The Kier molecular flexibility index (Phi) is 4.58. The van der Waals surface area contributed by atoms with E-state index in [2.05, 4.69) is 10.2 Å². The van der Waals surface area contributed by atoms with E-state index >= 15 is 0 Å². The molecule has 0 aliphatic carbocycles. The van der Waals surface area contributed by atoms with Crippen LogP contribution in [0.1, 0.15) is 37.5 Å². The van der Waals surface area contributed by atoms with Crippen molar-refractivity contribution in [1.29, 1.82) is 0 Å². The highest BCUT2D eigenvalue weighted by atomic mass is 16.5. The summed E-state index contributed by atoms with van der Waals surface area (Å²) in [7, 11) is 0. The number of fused-ring (bicyclic) bond motifs is 1. The molecule has 1 aliphatic rings. The number of hydrogen-bond acceptors (Lipinski definition) is 5. The topological polar surface area (TPSA) is 77.3 Å². The first-order valence-electron chi connectivity index (χ1n) is 8.94. The monoisotopic (exact) mass is 364 g/mol. The number of esters is 1. The third-order valence-corrected chi connectivity index (χ3v) is 4.76. The van der Waals surface area contributed by atoms with Crippen LogP contribution >= 0.6 is 0 Å². The fourth-order valence-corrected chi connectivity index (χ4v) is 3.51. The average molecular weight is 364 g/mol. The highest BCUT2D eigenvalue weighted by molar-refractivity contribution is 5.79. The zero-order valence-electron chi connectivity index (χ0n) is 15.0. The van der Waals surface area contributed by atoms with E-state index in [4.69, 9.17) is 4.74 Å². The highest BCUT2D eigenvalue weighted by Crippen LogP contribution is 2.36. The lowest BCUT2D eigenvalue weighted by Gasteiger charge is -2.32. The first-order valence-corrected chi connectivity index (χ1v) is 8.94. The molecule has 2 heterocycles. The van der Waals surface area contributed by atoms with E-state index in [1.807, 2.05) is 54.6 Å². The maximum absolute atomic E-state index is 12.7. The molecule has 0 saturated carbocycles. The molecule has 2 atom stereocenters. The van der Waals surface area contributed by atoms with Gasteiger partial charge < -0.3 is 9.64 Å². The summed E-state index contributed by atoms with van der Waals surface area (Å²) >= 11 is 0. The Balaban J connectivity index is 1.71. The molecule has 138 valence electrons. The molecule has 3 aromatic rings. The van der Waals surface area contributed by atoms with Crippen LogP contribution in [0.25, 0.3) is 11.0 Å². The summed E-state index contributed by atoms with van der Waals surface area (Å²) in [5, 5.41) is 9.11. The Morgan fingerprint density at radius 3 is 2.37 bits per heavy atom. The smallest absolute Gasteiger partial charge is 0.302 e. The van der Waals surface area contributed by atoms with Gasteiger partial charge in [-0.15, -0.1) is 0 Å².